The van der Waals surface area contributed by atoms with Gasteiger partial charge in [-0.3, -0.25) is 9.78 Å². The van der Waals surface area contributed by atoms with Crippen molar-refractivity contribution in [3.05, 3.63) is 66.2 Å². The van der Waals surface area contributed by atoms with Crippen LogP contribution in [-0.4, -0.2) is 45.7 Å². The van der Waals surface area contributed by atoms with Crippen LogP contribution in [0, 0.1) is 0 Å². The molecule has 1 aliphatic heterocycles. The van der Waals surface area contributed by atoms with Crippen LogP contribution >= 0.6 is 0 Å². The summed E-state index contributed by atoms with van der Waals surface area (Å²) in [7, 11) is 0. The third-order valence-electron chi connectivity index (χ3n) is 4.03. The van der Waals surface area contributed by atoms with Gasteiger partial charge in [0.25, 0.3) is 11.8 Å². The fourth-order valence-corrected chi connectivity index (χ4v) is 2.77. The molecule has 0 saturated carbocycles. The maximum absolute atomic E-state index is 12.8. The number of amides is 1. The average molecular weight is 336 g/mol. The van der Waals surface area contributed by atoms with Crippen molar-refractivity contribution in [2.75, 3.05) is 19.8 Å². The Kier molecular flexibility index (Phi) is 4.22. The van der Waals surface area contributed by atoms with Gasteiger partial charge < -0.3 is 14.2 Å². The van der Waals surface area contributed by atoms with Crippen LogP contribution < -0.4 is 0 Å². The molecule has 2 aromatic heterocycles. The number of carbonyl (C=O) groups is 1. The molecule has 7 nitrogen and oxygen atoms in total. The Morgan fingerprint density at radius 2 is 1.96 bits per heavy atom. The lowest BCUT2D eigenvalue weighted by atomic mass is 10.2. The zero-order valence-corrected chi connectivity index (χ0v) is 13.4. The molecule has 1 fully saturated rings. The van der Waals surface area contributed by atoms with Crippen LogP contribution in [-0.2, 0) is 4.74 Å². The monoisotopic (exact) mass is 336 g/mol. The molecule has 3 aromatic rings. The molecule has 1 aromatic carbocycles. The fourth-order valence-electron chi connectivity index (χ4n) is 2.77. The van der Waals surface area contributed by atoms with Gasteiger partial charge in [-0.2, -0.15) is 4.98 Å². The van der Waals surface area contributed by atoms with Gasteiger partial charge in [0.05, 0.1) is 13.2 Å². The van der Waals surface area contributed by atoms with Crippen LogP contribution in [0.15, 0.2) is 59.3 Å². The molecular weight excluding hydrogens is 320 g/mol. The molecule has 126 valence electrons. The summed E-state index contributed by atoms with van der Waals surface area (Å²) in [5, 5.41) is 4.06. The van der Waals surface area contributed by atoms with Gasteiger partial charge in [-0.05, 0) is 24.3 Å². The lowest BCUT2D eigenvalue weighted by molar-refractivity contribution is -0.00607. The topological polar surface area (TPSA) is 81.4 Å². The first-order valence-corrected chi connectivity index (χ1v) is 8.02. The molecular formula is C18H16N4O3. The Hall–Kier alpha value is -3.06. The number of pyridine rings is 1. The maximum Gasteiger partial charge on any atom is 0.273 e. The number of rotatable bonds is 3. The molecule has 0 spiro atoms. The molecule has 4 rings (SSSR count). The van der Waals surface area contributed by atoms with Crippen LogP contribution in [0.3, 0.4) is 0 Å². The lowest BCUT2D eigenvalue weighted by Crippen LogP contribution is -2.44. The smallest absolute Gasteiger partial charge is 0.273 e. The number of ether oxygens (including phenoxy) is 1. The summed E-state index contributed by atoms with van der Waals surface area (Å²) < 4.78 is 10.9. The SMILES string of the molecule is O=C(c1ccccn1)N1CCOCC1c1noc(-c2ccccc2)n1. The first-order chi connectivity index (χ1) is 12.3. The quantitative estimate of drug-likeness (QED) is 0.730. The zero-order valence-electron chi connectivity index (χ0n) is 13.4. The Labute approximate surface area is 144 Å². The van der Waals surface area contributed by atoms with Gasteiger partial charge in [0.15, 0.2) is 5.82 Å². The van der Waals surface area contributed by atoms with E-state index in [0.29, 0.717) is 37.2 Å². The Morgan fingerprint density at radius 1 is 1.12 bits per heavy atom. The molecule has 0 N–H and O–H groups in total. The van der Waals surface area contributed by atoms with Crippen molar-refractivity contribution in [2.45, 2.75) is 6.04 Å². The normalized spacial score (nSPS) is 17.4. The highest BCUT2D eigenvalue weighted by Gasteiger charge is 2.33. The second-order valence-corrected chi connectivity index (χ2v) is 5.63. The molecule has 1 amide bonds. The minimum Gasteiger partial charge on any atom is -0.377 e. The minimum atomic E-state index is -0.399. The lowest BCUT2D eigenvalue weighted by Gasteiger charge is -2.33. The summed E-state index contributed by atoms with van der Waals surface area (Å²) in [6.07, 6.45) is 1.60. The van der Waals surface area contributed by atoms with Gasteiger partial charge in [0.1, 0.15) is 11.7 Å². The van der Waals surface area contributed by atoms with Crippen LogP contribution in [0.2, 0.25) is 0 Å². The summed E-state index contributed by atoms with van der Waals surface area (Å²) >= 11 is 0. The number of nitrogens with zero attached hydrogens (tertiary/aromatic N) is 4. The highest BCUT2D eigenvalue weighted by molar-refractivity contribution is 5.92. The van der Waals surface area contributed by atoms with Crippen LogP contribution in [0.1, 0.15) is 22.4 Å². The van der Waals surface area contributed by atoms with E-state index in [1.807, 2.05) is 30.3 Å². The van der Waals surface area contributed by atoms with Crippen LogP contribution in [0.4, 0.5) is 0 Å². The van der Waals surface area contributed by atoms with Crippen LogP contribution in [0.25, 0.3) is 11.5 Å². The Bertz CT molecular complexity index is 851. The summed E-state index contributed by atoms with van der Waals surface area (Å²) in [5.74, 6) is 0.689. The van der Waals surface area contributed by atoms with Gasteiger partial charge in [0.2, 0.25) is 0 Å². The third kappa shape index (κ3) is 3.14. The van der Waals surface area contributed by atoms with E-state index in [2.05, 4.69) is 15.1 Å². The largest absolute Gasteiger partial charge is 0.377 e. The molecule has 1 unspecified atom stereocenters. The van der Waals surface area contributed by atoms with Crippen molar-refractivity contribution in [2.24, 2.45) is 0 Å². The maximum atomic E-state index is 12.8. The number of hydrogen-bond donors (Lipinski definition) is 0. The van der Waals surface area contributed by atoms with Crippen molar-refractivity contribution < 1.29 is 14.1 Å². The minimum absolute atomic E-state index is 0.167. The second-order valence-electron chi connectivity index (χ2n) is 5.63. The van der Waals surface area contributed by atoms with E-state index in [4.69, 9.17) is 9.26 Å². The van der Waals surface area contributed by atoms with E-state index >= 15 is 0 Å². The third-order valence-corrected chi connectivity index (χ3v) is 4.03. The highest BCUT2D eigenvalue weighted by atomic mass is 16.5. The molecule has 7 heteroatoms. The summed E-state index contributed by atoms with van der Waals surface area (Å²) in [6.45, 7) is 1.25. The molecule has 0 aliphatic carbocycles. The number of hydrogen-bond acceptors (Lipinski definition) is 6. The zero-order chi connectivity index (χ0) is 17.1. The van der Waals surface area contributed by atoms with Crippen LogP contribution in [0.5, 0.6) is 0 Å². The number of benzene rings is 1. The molecule has 0 radical (unpaired) electrons. The van der Waals surface area contributed by atoms with Crippen molar-refractivity contribution in [3.8, 4) is 11.5 Å². The van der Waals surface area contributed by atoms with Gasteiger partial charge in [0, 0.05) is 18.3 Å². The molecule has 3 heterocycles. The van der Waals surface area contributed by atoms with E-state index in [1.54, 1.807) is 29.3 Å². The summed E-state index contributed by atoms with van der Waals surface area (Å²) in [6, 6.07) is 14.4. The molecule has 1 atom stereocenters. The molecule has 1 aliphatic rings. The average Bonchev–Trinajstić information content (AvgIpc) is 3.19. The predicted molar refractivity (Wildman–Crippen MR) is 88.6 cm³/mol. The van der Waals surface area contributed by atoms with E-state index < -0.39 is 6.04 Å². The summed E-state index contributed by atoms with van der Waals surface area (Å²) in [5.41, 5.74) is 1.22. The van der Waals surface area contributed by atoms with E-state index in [0.717, 1.165) is 5.56 Å². The van der Waals surface area contributed by atoms with Gasteiger partial charge in [-0.25, -0.2) is 0 Å². The van der Waals surface area contributed by atoms with E-state index in [9.17, 15) is 4.79 Å². The standard InChI is InChI=1S/C18H16N4O3/c23-18(14-8-4-5-9-19-14)22-10-11-24-12-15(22)16-20-17(25-21-16)13-6-2-1-3-7-13/h1-9,15H,10-12H2. The van der Waals surface area contributed by atoms with Crippen molar-refractivity contribution in [1.29, 1.82) is 0 Å². The Morgan fingerprint density at radius 3 is 2.76 bits per heavy atom. The second kappa shape index (κ2) is 6.82. The molecule has 25 heavy (non-hydrogen) atoms. The van der Waals surface area contributed by atoms with Crippen molar-refractivity contribution in [3.63, 3.8) is 0 Å². The summed E-state index contributed by atoms with van der Waals surface area (Å²) in [4.78, 5) is 23.1. The number of morpholine rings is 1. The van der Waals surface area contributed by atoms with Gasteiger partial charge in [-0.1, -0.05) is 29.4 Å². The first kappa shape index (κ1) is 15.5. The molecule has 1 saturated heterocycles. The highest BCUT2D eigenvalue weighted by Crippen LogP contribution is 2.26. The van der Waals surface area contributed by atoms with Crippen molar-refractivity contribution in [1.82, 2.24) is 20.0 Å². The van der Waals surface area contributed by atoms with E-state index in [-0.39, 0.29) is 5.91 Å². The molecule has 0 bridgehead atoms. The van der Waals surface area contributed by atoms with E-state index in [1.165, 1.54) is 0 Å². The van der Waals surface area contributed by atoms with Gasteiger partial charge in [-0.15, -0.1) is 0 Å². The predicted octanol–water partition coefficient (Wildman–Crippen LogP) is 2.35. The van der Waals surface area contributed by atoms with Crippen molar-refractivity contribution >= 4 is 5.91 Å². The number of carbonyl (C=O) groups excluding carboxylic acids is 1. The first-order valence-electron chi connectivity index (χ1n) is 8.02. The van der Waals surface area contributed by atoms with Gasteiger partial charge >= 0.3 is 0 Å². The fraction of sp³-hybridized carbons (Fsp3) is 0.222. The number of aromatic nitrogens is 3. The Balaban J connectivity index is 1.62.